The molecule has 0 aliphatic carbocycles. The van der Waals surface area contributed by atoms with E-state index in [-0.39, 0.29) is 11.9 Å². The van der Waals surface area contributed by atoms with Crippen molar-refractivity contribution in [2.75, 3.05) is 38.3 Å². The molecule has 0 saturated carbocycles. The minimum Gasteiger partial charge on any atom is -0.356 e. The molecule has 10 heteroatoms. The maximum atomic E-state index is 12.2. The summed E-state index contributed by atoms with van der Waals surface area (Å²) in [5.74, 6) is 0.770. The summed E-state index contributed by atoms with van der Waals surface area (Å²) in [4.78, 5) is 26.5. The number of rotatable bonds is 13. The molecule has 6 N–H and O–H groups in total. The molecule has 0 spiro atoms. The Balaban J connectivity index is 1.25. The van der Waals surface area contributed by atoms with Crippen LogP contribution in [0.4, 0.5) is 5.69 Å². The molecule has 2 atom stereocenters. The molecule has 0 bridgehead atoms. The molecule has 0 radical (unpaired) electrons. The lowest BCUT2D eigenvalue weighted by Crippen LogP contribution is -2.46. The Hall–Kier alpha value is -2.40. The number of unbranched alkanes of at least 4 members (excludes halogenated alkanes) is 2. The van der Waals surface area contributed by atoms with Gasteiger partial charge in [-0.2, -0.15) is 0 Å². The van der Waals surface area contributed by atoms with E-state index in [9.17, 15) is 4.79 Å². The highest BCUT2D eigenvalue weighted by atomic mass is 17.1. The average molecular weight is 449 g/mol. The van der Waals surface area contributed by atoms with Crippen molar-refractivity contribution in [3.63, 3.8) is 0 Å². The molecule has 2 heterocycles. The van der Waals surface area contributed by atoms with Crippen molar-refractivity contribution in [1.82, 2.24) is 21.3 Å². The fourth-order valence-corrected chi connectivity index (χ4v) is 3.67. The summed E-state index contributed by atoms with van der Waals surface area (Å²) in [6, 6.07) is 7.39. The van der Waals surface area contributed by atoms with E-state index in [0.29, 0.717) is 13.0 Å². The quantitative estimate of drug-likeness (QED) is 0.116. The standard InChI is InChI=1S/C22H36N6O4/c29-21(19-6-4-12-23-19)27-20(32-30)16-17-7-9-18(10-8-17)28-31-15-3-1-2-11-24-22-25-13-5-14-26-22/h7-10,19-20,23,28,30H,1-6,11-16H2,(H,27,29)(H2,24,25,26). The second-order valence-corrected chi connectivity index (χ2v) is 8.10. The number of benzene rings is 1. The van der Waals surface area contributed by atoms with Gasteiger partial charge in [-0.3, -0.25) is 20.1 Å². The normalized spacial score (nSPS) is 19.0. The van der Waals surface area contributed by atoms with Gasteiger partial charge in [0.2, 0.25) is 5.91 Å². The van der Waals surface area contributed by atoms with Gasteiger partial charge in [0.25, 0.3) is 0 Å². The molecule has 10 nitrogen and oxygen atoms in total. The Morgan fingerprint density at radius 2 is 2.06 bits per heavy atom. The number of carbonyl (C=O) groups excluding carboxylic acids is 1. The minimum atomic E-state index is -0.782. The van der Waals surface area contributed by atoms with E-state index in [1.807, 2.05) is 24.3 Å². The first-order valence-electron chi connectivity index (χ1n) is 11.6. The fourth-order valence-electron chi connectivity index (χ4n) is 3.67. The molecule has 1 aromatic rings. The molecule has 2 unspecified atom stereocenters. The average Bonchev–Trinajstić information content (AvgIpc) is 3.37. The van der Waals surface area contributed by atoms with Gasteiger partial charge in [0.05, 0.1) is 18.3 Å². The van der Waals surface area contributed by atoms with Crippen LogP contribution in [0.5, 0.6) is 0 Å². The number of hydrogen-bond donors (Lipinski definition) is 6. The summed E-state index contributed by atoms with van der Waals surface area (Å²) in [7, 11) is 0. The lowest BCUT2D eigenvalue weighted by atomic mass is 10.1. The van der Waals surface area contributed by atoms with Gasteiger partial charge in [0.15, 0.2) is 12.2 Å². The molecule has 1 aromatic carbocycles. The first-order chi connectivity index (χ1) is 15.7. The highest BCUT2D eigenvalue weighted by Crippen LogP contribution is 2.12. The second kappa shape index (κ2) is 13.9. The largest absolute Gasteiger partial charge is 0.356 e. The van der Waals surface area contributed by atoms with Crippen molar-refractivity contribution in [1.29, 1.82) is 0 Å². The van der Waals surface area contributed by atoms with Crippen LogP contribution in [0.15, 0.2) is 29.3 Å². The Morgan fingerprint density at radius 1 is 1.19 bits per heavy atom. The van der Waals surface area contributed by atoms with Crippen molar-refractivity contribution in [3.05, 3.63) is 29.8 Å². The van der Waals surface area contributed by atoms with Gasteiger partial charge < -0.3 is 21.3 Å². The van der Waals surface area contributed by atoms with Crippen LogP contribution < -0.4 is 26.7 Å². The first-order valence-corrected chi connectivity index (χ1v) is 11.6. The van der Waals surface area contributed by atoms with Crippen molar-refractivity contribution < 1.29 is 19.8 Å². The Labute approximate surface area is 189 Å². The van der Waals surface area contributed by atoms with Crippen LogP contribution in [0.2, 0.25) is 0 Å². The van der Waals surface area contributed by atoms with Crippen molar-refractivity contribution in [3.8, 4) is 0 Å². The van der Waals surface area contributed by atoms with Crippen molar-refractivity contribution in [2.24, 2.45) is 4.99 Å². The highest BCUT2D eigenvalue weighted by Gasteiger charge is 2.24. The predicted octanol–water partition coefficient (Wildman–Crippen LogP) is 1.37. The molecule has 2 aliphatic heterocycles. The Bertz CT molecular complexity index is 709. The van der Waals surface area contributed by atoms with Gasteiger partial charge in [-0.25, -0.2) is 10.1 Å². The van der Waals surface area contributed by atoms with E-state index in [2.05, 4.69) is 36.6 Å². The summed E-state index contributed by atoms with van der Waals surface area (Å²) in [6.07, 6.45) is 5.58. The first kappa shape index (κ1) is 24.2. The van der Waals surface area contributed by atoms with E-state index >= 15 is 0 Å². The molecule has 1 fully saturated rings. The number of aliphatic imine (C=N–C) groups is 1. The molecule has 178 valence electrons. The van der Waals surface area contributed by atoms with Crippen LogP contribution in [0.1, 0.15) is 44.1 Å². The molecule has 32 heavy (non-hydrogen) atoms. The topological polar surface area (TPSA) is 128 Å². The molecule has 3 rings (SSSR count). The van der Waals surface area contributed by atoms with Gasteiger partial charge in [0.1, 0.15) is 0 Å². The highest BCUT2D eigenvalue weighted by molar-refractivity contribution is 5.82. The third-order valence-electron chi connectivity index (χ3n) is 5.49. The molecule has 2 aliphatic rings. The van der Waals surface area contributed by atoms with Gasteiger partial charge >= 0.3 is 0 Å². The Kier molecular flexibility index (Phi) is 10.5. The van der Waals surface area contributed by atoms with Crippen LogP contribution in [0, 0.1) is 0 Å². The van der Waals surface area contributed by atoms with Gasteiger partial charge in [-0.15, -0.1) is 0 Å². The fraction of sp³-hybridized carbons (Fsp3) is 0.636. The zero-order valence-electron chi connectivity index (χ0n) is 18.6. The zero-order chi connectivity index (χ0) is 22.4. The number of nitrogens with zero attached hydrogens (tertiary/aromatic N) is 1. The number of amides is 1. The summed E-state index contributed by atoms with van der Waals surface area (Å²) >= 11 is 0. The van der Waals surface area contributed by atoms with Crippen LogP contribution in [0.25, 0.3) is 0 Å². The molecular weight excluding hydrogens is 412 g/mol. The maximum Gasteiger partial charge on any atom is 0.239 e. The van der Waals surface area contributed by atoms with Gasteiger partial charge in [-0.05, 0) is 62.8 Å². The molecule has 1 amide bonds. The number of anilines is 1. The number of guanidine groups is 1. The number of carbonyl (C=O) groups is 1. The Morgan fingerprint density at radius 3 is 2.78 bits per heavy atom. The third kappa shape index (κ3) is 8.62. The smallest absolute Gasteiger partial charge is 0.239 e. The monoisotopic (exact) mass is 448 g/mol. The molecular formula is C22H36N6O4. The maximum absolute atomic E-state index is 12.2. The van der Waals surface area contributed by atoms with Crippen molar-refractivity contribution in [2.45, 2.75) is 57.2 Å². The number of nitrogens with one attached hydrogen (secondary N) is 5. The summed E-state index contributed by atoms with van der Waals surface area (Å²) in [5.41, 5.74) is 4.72. The van der Waals surface area contributed by atoms with Crippen LogP contribution in [-0.4, -0.2) is 62.2 Å². The predicted molar refractivity (Wildman–Crippen MR) is 123 cm³/mol. The SMILES string of the molecule is O=C(NC(Cc1ccc(NOCCCCCNC2=NCCCN2)cc1)OO)C1CCCN1. The summed E-state index contributed by atoms with van der Waals surface area (Å²) < 4.78 is 0. The summed E-state index contributed by atoms with van der Waals surface area (Å²) in [6.45, 7) is 4.28. The van der Waals surface area contributed by atoms with Crippen LogP contribution in [-0.2, 0) is 20.9 Å². The lowest BCUT2D eigenvalue weighted by Gasteiger charge is -2.18. The van der Waals surface area contributed by atoms with Crippen LogP contribution in [0.3, 0.4) is 0 Å². The summed E-state index contributed by atoms with van der Waals surface area (Å²) in [5, 5.41) is 21.6. The van der Waals surface area contributed by atoms with E-state index in [1.54, 1.807) is 0 Å². The zero-order valence-corrected chi connectivity index (χ0v) is 18.6. The van der Waals surface area contributed by atoms with E-state index in [0.717, 1.165) is 81.9 Å². The second-order valence-electron chi connectivity index (χ2n) is 8.10. The lowest BCUT2D eigenvalue weighted by molar-refractivity contribution is -0.284. The molecule has 0 aromatic heterocycles. The van der Waals surface area contributed by atoms with E-state index < -0.39 is 6.23 Å². The van der Waals surface area contributed by atoms with Gasteiger partial charge in [0, 0.05) is 26.1 Å². The minimum absolute atomic E-state index is 0.150. The van der Waals surface area contributed by atoms with Gasteiger partial charge in [-0.1, -0.05) is 12.1 Å². The number of hydrogen-bond acceptors (Lipinski definition) is 9. The third-order valence-corrected chi connectivity index (χ3v) is 5.49. The van der Waals surface area contributed by atoms with Crippen LogP contribution >= 0.6 is 0 Å². The van der Waals surface area contributed by atoms with Crippen molar-refractivity contribution >= 4 is 17.6 Å². The molecule has 1 saturated heterocycles. The van der Waals surface area contributed by atoms with E-state index in [1.165, 1.54) is 0 Å². The van der Waals surface area contributed by atoms with E-state index in [4.69, 9.17) is 10.1 Å².